The van der Waals surface area contributed by atoms with Gasteiger partial charge in [-0.15, -0.1) is 0 Å². The molecule has 0 aromatic rings. The molecule has 0 saturated heterocycles. The number of aliphatic carboxylic acids is 1. The van der Waals surface area contributed by atoms with E-state index in [1.54, 1.807) is 0 Å². The number of carbonyl (C=O) groups is 3. The first-order valence-corrected chi connectivity index (χ1v) is 24.0. The lowest BCUT2D eigenvalue weighted by atomic mass is 10.1. The molecule has 3 unspecified atom stereocenters. The number of carbonyl (C=O) groups excluding carboxylic acids is 2. The molecule has 0 aliphatic heterocycles. The van der Waals surface area contributed by atoms with E-state index in [1.165, 1.54) is 51.4 Å². The molecule has 0 fully saturated rings. The molecule has 0 aromatic heterocycles. The number of aliphatic hydroxyl groups is 1. The molecule has 338 valence electrons. The minimum Gasteiger partial charge on any atom is -0.480 e. The highest BCUT2D eigenvalue weighted by molar-refractivity contribution is 7.47. The number of phosphoric ester groups is 1. The van der Waals surface area contributed by atoms with Crippen LogP contribution in [-0.2, 0) is 32.7 Å². The van der Waals surface area contributed by atoms with Gasteiger partial charge in [-0.3, -0.25) is 18.6 Å². The third kappa shape index (κ3) is 41.4. The molecule has 59 heavy (non-hydrogen) atoms. The highest BCUT2D eigenvalue weighted by Gasteiger charge is 2.28. The maximum atomic E-state index is 12.3. The van der Waals surface area contributed by atoms with Crippen LogP contribution in [0.15, 0.2) is 72.9 Å². The minimum absolute atomic E-state index is 0.124. The molecule has 0 rings (SSSR count). The molecule has 11 nitrogen and oxygen atoms in total. The summed E-state index contributed by atoms with van der Waals surface area (Å²) in [7, 11) is -4.77. The lowest BCUT2D eigenvalue weighted by Crippen LogP contribution is -2.43. The van der Waals surface area contributed by atoms with Crippen molar-refractivity contribution in [2.45, 2.75) is 187 Å². The number of esters is 1. The fourth-order valence-corrected chi connectivity index (χ4v) is 6.45. The Morgan fingerprint density at radius 3 is 1.44 bits per heavy atom. The number of phosphoric acid groups is 1. The van der Waals surface area contributed by atoms with Crippen LogP contribution in [-0.4, -0.2) is 64.9 Å². The Bertz CT molecular complexity index is 1280. The van der Waals surface area contributed by atoms with Gasteiger partial charge in [-0.1, -0.05) is 145 Å². The van der Waals surface area contributed by atoms with Crippen molar-refractivity contribution in [1.82, 2.24) is 5.32 Å². The number of carboxylic acid groups (broad SMARTS) is 1. The van der Waals surface area contributed by atoms with E-state index in [0.29, 0.717) is 12.8 Å². The van der Waals surface area contributed by atoms with Crippen molar-refractivity contribution in [2.75, 3.05) is 19.8 Å². The van der Waals surface area contributed by atoms with E-state index in [0.717, 1.165) is 83.5 Å². The van der Waals surface area contributed by atoms with Crippen LogP contribution in [0.3, 0.4) is 0 Å². The topological polar surface area (TPSA) is 169 Å². The highest BCUT2D eigenvalue weighted by atomic mass is 31.2. The summed E-state index contributed by atoms with van der Waals surface area (Å²) < 4.78 is 26.8. The van der Waals surface area contributed by atoms with Gasteiger partial charge in [0.1, 0.15) is 12.7 Å². The van der Waals surface area contributed by atoms with E-state index < -0.39 is 57.6 Å². The summed E-state index contributed by atoms with van der Waals surface area (Å²) in [5.74, 6) is -2.43. The number of hydrogen-bond acceptors (Lipinski definition) is 8. The van der Waals surface area contributed by atoms with Gasteiger partial charge < -0.3 is 25.2 Å². The summed E-state index contributed by atoms with van der Waals surface area (Å²) in [5.41, 5.74) is 0. The van der Waals surface area contributed by atoms with Crippen molar-refractivity contribution in [3.8, 4) is 0 Å². The van der Waals surface area contributed by atoms with E-state index in [2.05, 4.69) is 92.1 Å². The molecule has 1 amide bonds. The van der Waals surface area contributed by atoms with E-state index in [1.807, 2.05) is 0 Å². The first-order chi connectivity index (χ1) is 28.6. The lowest BCUT2D eigenvalue weighted by Gasteiger charge is -2.18. The van der Waals surface area contributed by atoms with Crippen molar-refractivity contribution in [1.29, 1.82) is 0 Å². The zero-order chi connectivity index (χ0) is 43.5. The van der Waals surface area contributed by atoms with Gasteiger partial charge in [0.2, 0.25) is 5.91 Å². The SMILES string of the molecule is CCCCC/C=C\C/C=C\C/C=C\C/C=C\CCCCCC(=O)OCC(O)COP(=O)(O)OCC(NC(=O)CCCCCCC/C=C\C/C=C\CCCCCC)C(=O)O. The smallest absolute Gasteiger partial charge is 0.472 e. The Hall–Kier alpha value is -3.08. The Balaban J connectivity index is 3.98. The van der Waals surface area contributed by atoms with Crippen molar-refractivity contribution in [3.05, 3.63) is 72.9 Å². The average Bonchev–Trinajstić information content (AvgIpc) is 3.21. The average molecular weight is 850 g/mol. The molecule has 0 heterocycles. The van der Waals surface area contributed by atoms with Crippen molar-refractivity contribution in [2.24, 2.45) is 0 Å². The number of carboxylic acids is 1. The first-order valence-electron chi connectivity index (χ1n) is 22.5. The minimum atomic E-state index is -4.77. The van der Waals surface area contributed by atoms with Gasteiger partial charge in [0.15, 0.2) is 6.04 Å². The molecule has 0 bridgehead atoms. The van der Waals surface area contributed by atoms with E-state index in [9.17, 15) is 34.1 Å². The summed E-state index contributed by atoms with van der Waals surface area (Å²) in [5, 5.41) is 21.8. The molecule has 12 heteroatoms. The number of allylic oxidation sites excluding steroid dienone is 12. The molecule has 0 radical (unpaired) electrons. The number of ether oxygens (including phenoxy) is 1. The molecular weight excluding hydrogens is 769 g/mol. The maximum Gasteiger partial charge on any atom is 0.472 e. The largest absolute Gasteiger partial charge is 0.480 e. The second kappa shape index (κ2) is 41.6. The van der Waals surface area contributed by atoms with Gasteiger partial charge in [0.05, 0.1) is 13.2 Å². The third-order valence-electron chi connectivity index (χ3n) is 9.22. The van der Waals surface area contributed by atoms with Crippen LogP contribution in [0.1, 0.15) is 174 Å². The Kier molecular flexibility index (Phi) is 39.5. The molecule has 0 aromatic carbocycles. The molecule has 0 aliphatic carbocycles. The normalized spacial score (nSPS) is 14.4. The Morgan fingerprint density at radius 2 is 0.932 bits per heavy atom. The second-order valence-electron chi connectivity index (χ2n) is 14.9. The summed E-state index contributed by atoms with van der Waals surface area (Å²) in [6.07, 6.45) is 49.2. The molecule has 0 saturated carbocycles. The number of hydrogen-bond donors (Lipinski definition) is 4. The molecule has 4 N–H and O–H groups in total. The van der Waals surface area contributed by atoms with Crippen LogP contribution in [0.4, 0.5) is 0 Å². The van der Waals surface area contributed by atoms with Gasteiger partial charge >= 0.3 is 19.8 Å². The van der Waals surface area contributed by atoms with E-state index in [4.69, 9.17) is 13.8 Å². The number of aliphatic hydroxyl groups excluding tert-OH is 1. The van der Waals surface area contributed by atoms with Crippen LogP contribution >= 0.6 is 7.82 Å². The van der Waals surface area contributed by atoms with Crippen LogP contribution in [0.5, 0.6) is 0 Å². The summed E-state index contributed by atoms with van der Waals surface area (Å²) in [4.78, 5) is 45.9. The molecule has 0 aliphatic rings. The summed E-state index contributed by atoms with van der Waals surface area (Å²) in [6.45, 7) is 2.49. The fraction of sp³-hybridized carbons (Fsp3) is 0.681. The van der Waals surface area contributed by atoms with Crippen LogP contribution < -0.4 is 5.32 Å². The first kappa shape index (κ1) is 55.9. The maximum absolute atomic E-state index is 12.3. The van der Waals surface area contributed by atoms with Gasteiger partial charge in [-0.2, -0.15) is 0 Å². The Morgan fingerprint density at radius 1 is 0.542 bits per heavy atom. The van der Waals surface area contributed by atoms with E-state index in [-0.39, 0.29) is 12.8 Å². The van der Waals surface area contributed by atoms with Crippen molar-refractivity contribution < 1.29 is 47.8 Å². The van der Waals surface area contributed by atoms with Crippen molar-refractivity contribution >= 4 is 25.7 Å². The standard InChI is InChI=1S/C47H80NO10P/c1-3-5-7-9-11-13-15-17-19-21-22-23-25-27-29-31-33-35-37-39-46(51)56-40-43(49)41-57-59(54,55)58-42-44(47(52)53)48-45(50)38-36-34-32-30-28-26-24-20-18-16-14-12-10-8-6-4-2/h11,13-14,16-17,19-20,22-24,27,29,43-44,49H,3-10,12,15,18,21,25-26,28,30-42H2,1-2H3,(H,48,50)(H,52,53)(H,54,55)/b13-11-,16-14-,19-17-,23-22-,24-20-,29-27-. The predicted octanol–water partition coefficient (Wildman–Crippen LogP) is 11.7. The van der Waals surface area contributed by atoms with Crippen molar-refractivity contribution in [3.63, 3.8) is 0 Å². The monoisotopic (exact) mass is 850 g/mol. The zero-order valence-corrected chi connectivity index (χ0v) is 37.4. The highest BCUT2D eigenvalue weighted by Crippen LogP contribution is 2.43. The van der Waals surface area contributed by atoms with E-state index >= 15 is 0 Å². The number of nitrogens with one attached hydrogen (secondary N) is 1. The molecular formula is C47H80NO10P. The number of unbranched alkanes of at least 4 members (excludes halogenated alkanes) is 15. The lowest BCUT2D eigenvalue weighted by molar-refractivity contribution is -0.147. The predicted molar refractivity (Wildman–Crippen MR) is 240 cm³/mol. The summed E-state index contributed by atoms with van der Waals surface area (Å²) in [6, 6.07) is -1.56. The third-order valence-corrected chi connectivity index (χ3v) is 10.2. The van der Waals surface area contributed by atoms with Crippen LogP contribution in [0.25, 0.3) is 0 Å². The summed E-state index contributed by atoms with van der Waals surface area (Å²) >= 11 is 0. The molecule has 0 spiro atoms. The number of amides is 1. The van der Waals surface area contributed by atoms with Gasteiger partial charge in [0.25, 0.3) is 0 Å². The van der Waals surface area contributed by atoms with Crippen LogP contribution in [0.2, 0.25) is 0 Å². The zero-order valence-electron chi connectivity index (χ0n) is 36.5. The van der Waals surface area contributed by atoms with Gasteiger partial charge in [0, 0.05) is 12.8 Å². The Labute approximate surface area is 357 Å². The van der Waals surface area contributed by atoms with Crippen LogP contribution in [0, 0.1) is 0 Å². The van der Waals surface area contributed by atoms with Gasteiger partial charge in [-0.25, -0.2) is 9.36 Å². The quantitative estimate of drug-likeness (QED) is 0.0201. The number of rotatable bonds is 41. The molecule has 3 atom stereocenters. The second-order valence-corrected chi connectivity index (χ2v) is 16.3. The van der Waals surface area contributed by atoms with Gasteiger partial charge in [-0.05, 0) is 89.9 Å². The fourth-order valence-electron chi connectivity index (χ4n) is 5.68.